The van der Waals surface area contributed by atoms with E-state index in [1.54, 1.807) is 0 Å². The van der Waals surface area contributed by atoms with Gasteiger partial charge in [-0.1, -0.05) is 18.2 Å². The molecule has 0 bridgehead atoms. The third-order valence-electron chi connectivity index (χ3n) is 2.62. The predicted octanol–water partition coefficient (Wildman–Crippen LogP) is 3.68. The predicted molar refractivity (Wildman–Crippen MR) is 70.9 cm³/mol. The Kier molecular flexibility index (Phi) is 2.88. The monoisotopic (exact) mass is 354 g/mol. The molecule has 3 rings (SSSR count). The second-order valence-electron chi connectivity index (χ2n) is 3.79. The molecule has 0 radical (unpaired) electrons. The second kappa shape index (κ2) is 4.38. The van der Waals surface area contributed by atoms with Gasteiger partial charge in [-0.3, -0.25) is 0 Å². The lowest BCUT2D eigenvalue weighted by atomic mass is 10.1. The van der Waals surface area contributed by atoms with E-state index in [-0.39, 0.29) is 6.10 Å². The number of halogens is 2. The molecule has 0 aliphatic carbocycles. The molecule has 86 valence electrons. The van der Waals surface area contributed by atoms with Crippen LogP contribution in [0.3, 0.4) is 0 Å². The molecular formula is C12H8Br2N2O. The van der Waals surface area contributed by atoms with Crippen molar-refractivity contribution in [3.63, 3.8) is 0 Å². The fourth-order valence-corrected chi connectivity index (χ4v) is 2.98. The van der Waals surface area contributed by atoms with Crippen LogP contribution >= 0.6 is 31.9 Å². The summed E-state index contributed by atoms with van der Waals surface area (Å²) in [5.74, 6) is 1.62. The average Bonchev–Trinajstić information content (AvgIpc) is 2.71. The molecule has 0 N–H and O–H groups in total. The summed E-state index contributed by atoms with van der Waals surface area (Å²) in [6, 6.07) is 9.84. The summed E-state index contributed by atoms with van der Waals surface area (Å²) >= 11 is 6.72. The Morgan fingerprint density at radius 2 is 1.82 bits per heavy atom. The summed E-state index contributed by atoms with van der Waals surface area (Å²) in [4.78, 5) is 8.70. The van der Waals surface area contributed by atoms with Gasteiger partial charge in [0.15, 0.2) is 11.9 Å². The minimum Gasteiger partial charge on any atom is -0.482 e. The van der Waals surface area contributed by atoms with Gasteiger partial charge in [0.25, 0.3) is 0 Å². The van der Waals surface area contributed by atoms with Crippen molar-refractivity contribution in [1.82, 2.24) is 9.97 Å². The van der Waals surface area contributed by atoms with Crippen molar-refractivity contribution in [3.8, 4) is 5.75 Å². The summed E-state index contributed by atoms with van der Waals surface area (Å²) in [6.45, 7) is 0. The van der Waals surface area contributed by atoms with Gasteiger partial charge in [0.05, 0.1) is 0 Å². The first-order valence-corrected chi connectivity index (χ1v) is 6.75. The number of hydrogen-bond donors (Lipinski definition) is 0. The van der Waals surface area contributed by atoms with Crippen molar-refractivity contribution in [3.05, 3.63) is 50.9 Å². The lowest BCUT2D eigenvalue weighted by Gasteiger charge is -2.09. The van der Waals surface area contributed by atoms with Gasteiger partial charge in [0, 0.05) is 12.5 Å². The minimum absolute atomic E-state index is 0.0961. The summed E-state index contributed by atoms with van der Waals surface area (Å²) in [7, 11) is 0. The molecule has 0 saturated heterocycles. The van der Waals surface area contributed by atoms with Crippen molar-refractivity contribution in [2.45, 2.75) is 12.5 Å². The molecule has 1 aromatic heterocycles. The Morgan fingerprint density at radius 1 is 1.12 bits per heavy atom. The normalized spacial score (nSPS) is 17.6. The van der Waals surface area contributed by atoms with Crippen molar-refractivity contribution in [2.75, 3.05) is 0 Å². The van der Waals surface area contributed by atoms with Crippen LogP contribution in [-0.2, 0) is 6.42 Å². The van der Waals surface area contributed by atoms with Crippen LogP contribution in [0.4, 0.5) is 0 Å². The van der Waals surface area contributed by atoms with E-state index in [4.69, 9.17) is 4.74 Å². The highest BCUT2D eigenvalue weighted by Crippen LogP contribution is 2.35. The van der Waals surface area contributed by atoms with Crippen molar-refractivity contribution in [1.29, 1.82) is 0 Å². The number of nitrogens with zero attached hydrogens (tertiary/aromatic N) is 2. The first kappa shape index (κ1) is 11.2. The van der Waals surface area contributed by atoms with Gasteiger partial charge in [-0.25, -0.2) is 9.97 Å². The quantitative estimate of drug-likeness (QED) is 0.732. The van der Waals surface area contributed by atoms with Crippen LogP contribution in [0, 0.1) is 0 Å². The molecule has 3 nitrogen and oxygen atoms in total. The maximum absolute atomic E-state index is 5.84. The van der Waals surface area contributed by atoms with E-state index in [0.29, 0.717) is 5.82 Å². The summed E-state index contributed by atoms with van der Waals surface area (Å²) < 4.78 is 7.35. The topological polar surface area (TPSA) is 35.0 Å². The third kappa shape index (κ3) is 2.21. The van der Waals surface area contributed by atoms with Crippen molar-refractivity contribution < 1.29 is 4.74 Å². The number of rotatable bonds is 1. The first-order chi connectivity index (χ1) is 8.22. The van der Waals surface area contributed by atoms with Crippen LogP contribution in [-0.4, -0.2) is 9.97 Å². The summed E-state index contributed by atoms with van der Waals surface area (Å²) in [5, 5.41) is 0. The van der Waals surface area contributed by atoms with Gasteiger partial charge in [-0.05, 0) is 43.5 Å². The number of aromatic nitrogens is 2. The summed E-state index contributed by atoms with van der Waals surface area (Å²) in [6.07, 6.45) is 0.722. The van der Waals surface area contributed by atoms with E-state index in [0.717, 1.165) is 21.4 Å². The van der Waals surface area contributed by atoms with Crippen LogP contribution in [0.25, 0.3) is 0 Å². The van der Waals surface area contributed by atoms with Crippen molar-refractivity contribution >= 4 is 31.9 Å². The molecule has 0 amide bonds. The molecule has 17 heavy (non-hydrogen) atoms. The van der Waals surface area contributed by atoms with Crippen molar-refractivity contribution in [2.24, 2.45) is 0 Å². The zero-order valence-corrected chi connectivity index (χ0v) is 11.9. The van der Waals surface area contributed by atoms with Gasteiger partial charge >= 0.3 is 0 Å². The Bertz CT molecular complexity index is 529. The molecule has 2 heterocycles. The number of hydrogen-bond acceptors (Lipinski definition) is 3. The highest BCUT2D eigenvalue weighted by molar-refractivity contribution is 9.11. The largest absolute Gasteiger partial charge is 0.482 e. The number of benzene rings is 1. The highest BCUT2D eigenvalue weighted by atomic mass is 79.9. The Morgan fingerprint density at radius 3 is 2.53 bits per heavy atom. The summed E-state index contributed by atoms with van der Waals surface area (Å²) in [5.41, 5.74) is 1.21. The van der Waals surface area contributed by atoms with Crippen LogP contribution in [0.2, 0.25) is 0 Å². The fraction of sp³-hybridized carbons (Fsp3) is 0.167. The molecular weight excluding hydrogens is 348 g/mol. The SMILES string of the molecule is Brc1cc(Br)nc(C2Cc3ccccc3O2)n1. The van der Waals surface area contributed by atoms with Gasteiger partial charge in [0.2, 0.25) is 0 Å². The van der Waals surface area contributed by atoms with E-state index < -0.39 is 0 Å². The fourth-order valence-electron chi connectivity index (χ4n) is 1.88. The first-order valence-electron chi connectivity index (χ1n) is 5.17. The Balaban J connectivity index is 1.93. The van der Waals surface area contributed by atoms with E-state index in [2.05, 4.69) is 47.9 Å². The molecule has 1 aliphatic rings. The van der Waals surface area contributed by atoms with Crippen LogP contribution in [0.1, 0.15) is 17.5 Å². The lowest BCUT2D eigenvalue weighted by Crippen LogP contribution is -2.08. The zero-order chi connectivity index (χ0) is 11.8. The molecule has 1 unspecified atom stereocenters. The zero-order valence-electron chi connectivity index (χ0n) is 8.73. The van der Waals surface area contributed by atoms with E-state index in [1.165, 1.54) is 5.56 Å². The molecule has 1 aromatic carbocycles. The van der Waals surface area contributed by atoms with Crippen LogP contribution in [0.5, 0.6) is 5.75 Å². The second-order valence-corrected chi connectivity index (χ2v) is 5.41. The van der Waals surface area contributed by atoms with Crippen LogP contribution < -0.4 is 4.74 Å². The molecule has 1 atom stereocenters. The Hall–Kier alpha value is -0.940. The molecule has 2 aromatic rings. The molecule has 0 fully saturated rings. The number of para-hydroxylation sites is 1. The van der Waals surface area contributed by atoms with E-state index in [9.17, 15) is 0 Å². The Labute approximate surface area is 116 Å². The van der Waals surface area contributed by atoms with E-state index in [1.807, 2.05) is 24.3 Å². The third-order valence-corrected chi connectivity index (χ3v) is 3.43. The molecule has 1 aliphatic heterocycles. The van der Waals surface area contributed by atoms with Gasteiger partial charge in [-0.2, -0.15) is 0 Å². The molecule has 0 spiro atoms. The average molecular weight is 356 g/mol. The maximum atomic E-state index is 5.84. The van der Waals surface area contributed by atoms with Gasteiger partial charge in [0.1, 0.15) is 15.0 Å². The van der Waals surface area contributed by atoms with Gasteiger partial charge in [-0.15, -0.1) is 0 Å². The van der Waals surface area contributed by atoms with Gasteiger partial charge < -0.3 is 4.74 Å². The van der Waals surface area contributed by atoms with Crippen LogP contribution in [0.15, 0.2) is 39.5 Å². The number of fused-ring (bicyclic) bond motifs is 1. The maximum Gasteiger partial charge on any atom is 0.171 e. The molecule has 5 heteroatoms. The minimum atomic E-state index is -0.0961. The standard InChI is InChI=1S/C12H8Br2N2O/c13-10-6-11(14)16-12(15-10)9-5-7-3-1-2-4-8(7)17-9/h1-4,6,9H,5H2. The highest BCUT2D eigenvalue weighted by Gasteiger charge is 2.26. The molecule has 0 saturated carbocycles. The van der Waals surface area contributed by atoms with E-state index >= 15 is 0 Å². The number of ether oxygens (including phenoxy) is 1. The smallest absolute Gasteiger partial charge is 0.171 e. The lowest BCUT2D eigenvalue weighted by molar-refractivity contribution is 0.227.